The van der Waals surface area contributed by atoms with Crippen molar-refractivity contribution in [2.75, 3.05) is 0 Å². The number of aryl methyl sites for hydroxylation is 1. The maximum atomic E-state index is 6.59. The van der Waals surface area contributed by atoms with Crippen molar-refractivity contribution in [3.63, 3.8) is 0 Å². The molecule has 56 heavy (non-hydrogen) atoms. The van der Waals surface area contributed by atoms with Gasteiger partial charge < -0.3 is 4.42 Å². The number of fused-ring (bicyclic) bond motifs is 3. The molecule has 4 nitrogen and oxygen atoms in total. The first kappa shape index (κ1) is 33.2. The van der Waals surface area contributed by atoms with Gasteiger partial charge in [0.25, 0.3) is 0 Å². The first-order valence-corrected chi connectivity index (χ1v) is 18.8. The fourth-order valence-corrected chi connectivity index (χ4v) is 7.64. The van der Waals surface area contributed by atoms with Crippen molar-refractivity contribution in [3.8, 4) is 78.7 Å². The van der Waals surface area contributed by atoms with Gasteiger partial charge in [0.15, 0.2) is 17.5 Å². The largest absolute Gasteiger partial charge is 0.456 e. The van der Waals surface area contributed by atoms with Gasteiger partial charge in [0.2, 0.25) is 0 Å². The van der Waals surface area contributed by atoms with Crippen LogP contribution in [0.4, 0.5) is 0 Å². The van der Waals surface area contributed by atoms with E-state index in [2.05, 4.69) is 153 Å². The minimum absolute atomic E-state index is 0.578. The van der Waals surface area contributed by atoms with E-state index < -0.39 is 0 Å². The Labute approximate surface area is 325 Å². The van der Waals surface area contributed by atoms with Crippen LogP contribution in [-0.2, 0) is 0 Å². The SMILES string of the molecule is Cc1cccc(-c2ccc(-c3nc(-c4ccccc4)nc(-c4ccc5c(c4)oc4cccc(-c6cccc(-c7ccccc7)c6)c45)n3)c(-c3ccccc3)c2)c1. The van der Waals surface area contributed by atoms with Gasteiger partial charge in [0.05, 0.1) is 0 Å². The molecule has 264 valence electrons. The van der Waals surface area contributed by atoms with Crippen LogP contribution in [0.3, 0.4) is 0 Å². The van der Waals surface area contributed by atoms with E-state index in [1.54, 1.807) is 0 Å². The highest BCUT2D eigenvalue weighted by Crippen LogP contribution is 2.40. The maximum Gasteiger partial charge on any atom is 0.164 e. The van der Waals surface area contributed by atoms with Crippen molar-refractivity contribution in [2.45, 2.75) is 6.92 Å². The van der Waals surface area contributed by atoms with Crippen LogP contribution < -0.4 is 0 Å². The quantitative estimate of drug-likeness (QED) is 0.165. The molecule has 0 fully saturated rings. The lowest BCUT2D eigenvalue weighted by Crippen LogP contribution is -2.01. The van der Waals surface area contributed by atoms with E-state index in [0.29, 0.717) is 17.5 Å². The zero-order valence-electron chi connectivity index (χ0n) is 30.7. The molecule has 0 aliphatic heterocycles. The van der Waals surface area contributed by atoms with Crippen LogP contribution in [0, 0.1) is 6.92 Å². The van der Waals surface area contributed by atoms with Crippen molar-refractivity contribution in [3.05, 3.63) is 200 Å². The molecule has 8 aromatic carbocycles. The molecule has 10 rings (SSSR count). The molecule has 0 radical (unpaired) electrons. The second-order valence-electron chi connectivity index (χ2n) is 14.1. The van der Waals surface area contributed by atoms with Crippen molar-refractivity contribution in [2.24, 2.45) is 0 Å². The van der Waals surface area contributed by atoms with Gasteiger partial charge in [0.1, 0.15) is 11.2 Å². The number of hydrogen-bond acceptors (Lipinski definition) is 4. The number of rotatable bonds is 7. The highest BCUT2D eigenvalue weighted by Gasteiger charge is 2.19. The summed E-state index contributed by atoms with van der Waals surface area (Å²) in [6.07, 6.45) is 0. The number of benzene rings is 8. The van der Waals surface area contributed by atoms with Crippen molar-refractivity contribution in [1.82, 2.24) is 15.0 Å². The Morgan fingerprint density at radius 1 is 0.321 bits per heavy atom. The van der Waals surface area contributed by atoms with Crippen LogP contribution in [0.25, 0.3) is 101 Å². The summed E-state index contributed by atoms with van der Waals surface area (Å²) < 4.78 is 6.59. The third-order valence-corrected chi connectivity index (χ3v) is 10.4. The van der Waals surface area contributed by atoms with Crippen LogP contribution in [0.1, 0.15) is 5.56 Å². The predicted octanol–water partition coefficient (Wildman–Crippen LogP) is 13.7. The predicted molar refractivity (Wildman–Crippen MR) is 230 cm³/mol. The van der Waals surface area contributed by atoms with E-state index >= 15 is 0 Å². The van der Waals surface area contributed by atoms with Gasteiger partial charge in [-0.3, -0.25) is 0 Å². The smallest absolute Gasteiger partial charge is 0.164 e. The molecule has 0 aliphatic rings. The Morgan fingerprint density at radius 3 is 1.64 bits per heavy atom. The summed E-state index contributed by atoms with van der Waals surface area (Å²) in [4.78, 5) is 15.4. The molecule has 2 heterocycles. The summed E-state index contributed by atoms with van der Waals surface area (Å²) in [5.41, 5.74) is 14.6. The fraction of sp³-hybridized carbons (Fsp3) is 0.0192. The van der Waals surface area contributed by atoms with E-state index in [1.807, 2.05) is 48.5 Å². The van der Waals surface area contributed by atoms with Gasteiger partial charge in [-0.1, -0.05) is 163 Å². The first-order valence-electron chi connectivity index (χ1n) is 18.8. The number of nitrogens with zero attached hydrogens (tertiary/aromatic N) is 3. The van der Waals surface area contributed by atoms with E-state index in [-0.39, 0.29) is 0 Å². The summed E-state index contributed by atoms with van der Waals surface area (Å²) in [7, 11) is 0. The normalized spacial score (nSPS) is 11.3. The Bertz CT molecular complexity index is 3030. The molecule has 10 aromatic rings. The average molecular weight is 718 g/mol. The molecule has 0 saturated heterocycles. The number of hydrogen-bond donors (Lipinski definition) is 0. The van der Waals surface area contributed by atoms with Crippen LogP contribution in [0.15, 0.2) is 199 Å². The van der Waals surface area contributed by atoms with Gasteiger partial charge in [-0.15, -0.1) is 0 Å². The van der Waals surface area contributed by atoms with Gasteiger partial charge in [0, 0.05) is 27.5 Å². The van der Waals surface area contributed by atoms with Crippen LogP contribution in [0.2, 0.25) is 0 Å². The van der Waals surface area contributed by atoms with Crippen molar-refractivity contribution >= 4 is 21.9 Å². The zero-order chi connectivity index (χ0) is 37.4. The molecular weight excluding hydrogens is 683 g/mol. The summed E-state index contributed by atoms with van der Waals surface area (Å²) >= 11 is 0. The highest BCUT2D eigenvalue weighted by molar-refractivity contribution is 6.13. The standard InChI is InChI=1S/C52H35N3O/c1-34-14-11-21-38(30-34)40-26-28-44(46(32-40)36-17-7-3-8-18-36)52-54-50(37-19-9-4-10-20-37)53-51(55-52)42-27-29-45-48(33-42)56-47-25-13-24-43(49(45)47)41-23-12-22-39(31-41)35-15-5-2-6-16-35/h2-33H,1H3. The van der Waals surface area contributed by atoms with Gasteiger partial charge in [-0.25, -0.2) is 15.0 Å². The maximum absolute atomic E-state index is 6.59. The molecule has 0 spiro atoms. The summed E-state index contributed by atoms with van der Waals surface area (Å²) in [5.74, 6) is 1.79. The second kappa shape index (κ2) is 14.1. The summed E-state index contributed by atoms with van der Waals surface area (Å²) in [5, 5.41) is 2.13. The van der Waals surface area contributed by atoms with E-state index in [0.717, 1.165) is 66.4 Å². The first-order chi connectivity index (χ1) is 27.6. The highest BCUT2D eigenvalue weighted by atomic mass is 16.3. The molecule has 4 heteroatoms. The summed E-state index contributed by atoms with van der Waals surface area (Å²) in [6.45, 7) is 2.12. The van der Waals surface area contributed by atoms with Gasteiger partial charge in [-0.05, 0) is 87.8 Å². The molecule has 0 saturated carbocycles. The lowest BCUT2D eigenvalue weighted by atomic mass is 9.93. The van der Waals surface area contributed by atoms with Crippen LogP contribution in [0.5, 0.6) is 0 Å². The third kappa shape index (κ3) is 6.23. The van der Waals surface area contributed by atoms with E-state index in [1.165, 1.54) is 22.3 Å². The van der Waals surface area contributed by atoms with Crippen LogP contribution >= 0.6 is 0 Å². The molecule has 2 aromatic heterocycles. The van der Waals surface area contributed by atoms with E-state index in [9.17, 15) is 0 Å². The van der Waals surface area contributed by atoms with Crippen molar-refractivity contribution in [1.29, 1.82) is 0 Å². The molecular formula is C52H35N3O. The van der Waals surface area contributed by atoms with Crippen molar-refractivity contribution < 1.29 is 4.42 Å². The van der Waals surface area contributed by atoms with E-state index in [4.69, 9.17) is 19.4 Å². The van der Waals surface area contributed by atoms with Gasteiger partial charge in [-0.2, -0.15) is 0 Å². The molecule has 0 aliphatic carbocycles. The second-order valence-corrected chi connectivity index (χ2v) is 14.1. The number of furan rings is 1. The fourth-order valence-electron chi connectivity index (χ4n) is 7.64. The number of aromatic nitrogens is 3. The molecule has 0 amide bonds. The molecule has 0 atom stereocenters. The zero-order valence-corrected chi connectivity index (χ0v) is 30.7. The minimum atomic E-state index is 0.578. The Hall–Kier alpha value is -7.43. The average Bonchev–Trinajstić information content (AvgIpc) is 3.65. The topological polar surface area (TPSA) is 51.8 Å². The lowest BCUT2D eigenvalue weighted by Gasteiger charge is -2.14. The molecule has 0 bridgehead atoms. The van der Waals surface area contributed by atoms with Gasteiger partial charge >= 0.3 is 0 Å². The van der Waals surface area contributed by atoms with Crippen LogP contribution in [-0.4, -0.2) is 15.0 Å². The Kier molecular flexibility index (Phi) is 8.34. The molecule has 0 unspecified atom stereocenters. The Morgan fingerprint density at radius 2 is 0.893 bits per heavy atom. The molecule has 0 N–H and O–H groups in total. The summed E-state index contributed by atoms with van der Waals surface area (Å²) in [6, 6.07) is 67.5. The Balaban J connectivity index is 1.12. The minimum Gasteiger partial charge on any atom is -0.456 e. The third-order valence-electron chi connectivity index (χ3n) is 10.4. The monoisotopic (exact) mass is 717 g/mol. The lowest BCUT2D eigenvalue weighted by molar-refractivity contribution is 0.669.